The second kappa shape index (κ2) is 11.5. The van der Waals surface area contributed by atoms with Crippen molar-refractivity contribution in [3.63, 3.8) is 0 Å². The van der Waals surface area contributed by atoms with Gasteiger partial charge in [-0.1, -0.05) is 0 Å². The Kier molecular flexibility index (Phi) is 9.01. The maximum Gasteiger partial charge on any atom is 0.255 e. The number of rotatable bonds is 6. The van der Waals surface area contributed by atoms with E-state index in [0.29, 0.717) is 11.3 Å². The van der Waals surface area contributed by atoms with Gasteiger partial charge in [0.1, 0.15) is 22.8 Å². The molecule has 0 saturated heterocycles. The van der Waals surface area contributed by atoms with E-state index in [9.17, 15) is 39.6 Å². The molecule has 1 saturated carbocycles. The SMILES string of the molecule is CN(C)c1cc(NC(=O)CNC(C)(C)C)c(O)c2c1CC1CC3C(N(C)C)C(=O)C(C(N)=O)=C(O)[C@@]3(O)C(=O)C1=C2O.Cl. The first kappa shape index (κ1) is 33.8. The number of aliphatic hydroxyl groups is 3. The van der Waals surface area contributed by atoms with Gasteiger partial charge in [0.05, 0.1) is 23.8 Å². The van der Waals surface area contributed by atoms with Crippen molar-refractivity contribution in [3.8, 4) is 5.75 Å². The van der Waals surface area contributed by atoms with Crippen LogP contribution in [0, 0.1) is 11.8 Å². The summed E-state index contributed by atoms with van der Waals surface area (Å²) in [4.78, 5) is 55.3. The topological polar surface area (TPSA) is 206 Å². The van der Waals surface area contributed by atoms with E-state index in [1.165, 1.54) is 4.90 Å². The Labute approximate surface area is 255 Å². The van der Waals surface area contributed by atoms with Crippen molar-refractivity contribution in [1.82, 2.24) is 10.2 Å². The molecule has 14 heteroatoms. The summed E-state index contributed by atoms with van der Waals surface area (Å²) in [5.41, 5.74) is 2.11. The van der Waals surface area contributed by atoms with E-state index in [0.717, 1.165) is 0 Å². The molecule has 4 rings (SSSR count). The van der Waals surface area contributed by atoms with Crippen LogP contribution in [0.4, 0.5) is 11.4 Å². The highest BCUT2D eigenvalue weighted by atomic mass is 35.5. The Hall–Kier alpha value is -3.65. The van der Waals surface area contributed by atoms with Gasteiger partial charge in [-0.05, 0) is 65.3 Å². The van der Waals surface area contributed by atoms with Crippen LogP contribution < -0.4 is 21.3 Å². The fraction of sp³-hybridized carbons (Fsp3) is 0.517. The van der Waals surface area contributed by atoms with Crippen LogP contribution in [0.25, 0.3) is 5.76 Å². The zero-order chi connectivity index (χ0) is 31.6. The van der Waals surface area contributed by atoms with Gasteiger partial charge in [-0.2, -0.15) is 0 Å². The smallest absolute Gasteiger partial charge is 0.255 e. The lowest BCUT2D eigenvalue weighted by atomic mass is 9.57. The number of likely N-dealkylation sites (N-methyl/N-ethyl adjacent to an activating group) is 1. The molecule has 3 aliphatic rings. The minimum absolute atomic E-state index is 0. The molecule has 2 amide bonds. The fourth-order valence-electron chi connectivity index (χ4n) is 6.33. The predicted octanol–water partition coefficient (Wildman–Crippen LogP) is 0.778. The summed E-state index contributed by atoms with van der Waals surface area (Å²) in [5.74, 6) is -7.79. The number of primary amides is 1. The van der Waals surface area contributed by atoms with E-state index >= 15 is 0 Å². The van der Waals surface area contributed by atoms with E-state index in [-0.39, 0.29) is 54.2 Å². The second-order valence-electron chi connectivity index (χ2n) is 12.7. The number of carbonyl (C=O) groups excluding carboxylic acids is 4. The third kappa shape index (κ3) is 5.46. The van der Waals surface area contributed by atoms with Crippen LogP contribution in [-0.4, -0.2) is 101 Å². The zero-order valence-corrected chi connectivity index (χ0v) is 26.0. The minimum atomic E-state index is -2.73. The first-order valence-electron chi connectivity index (χ1n) is 13.6. The van der Waals surface area contributed by atoms with Gasteiger partial charge in [0.15, 0.2) is 11.4 Å². The van der Waals surface area contributed by atoms with Crippen LogP contribution >= 0.6 is 12.4 Å². The molecule has 0 aliphatic heterocycles. The number of phenols is 1. The molecule has 0 bridgehead atoms. The number of fused-ring (bicyclic) bond motifs is 3. The van der Waals surface area contributed by atoms with Crippen molar-refractivity contribution in [2.24, 2.45) is 17.6 Å². The quantitative estimate of drug-likeness (QED) is 0.174. The van der Waals surface area contributed by atoms with Gasteiger partial charge in [0, 0.05) is 36.8 Å². The normalized spacial score (nSPS) is 25.1. The lowest BCUT2D eigenvalue weighted by molar-refractivity contribution is -0.153. The van der Waals surface area contributed by atoms with Crippen LogP contribution in [0.15, 0.2) is 23.0 Å². The monoisotopic (exact) mass is 621 g/mol. The number of halogens is 1. The molecule has 13 nitrogen and oxygen atoms in total. The van der Waals surface area contributed by atoms with Crippen molar-refractivity contribution < 1.29 is 39.6 Å². The maximum atomic E-state index is 14.0. The van der Waals surface area contributed by atoms with Crippen molar-refractivity contribution in [1.29, 1.82) is 0 Å². The number of anilines is 2. The lowest BCUT2D eigenvalue weighted by Crippen LogP contribution is -2.65. The molecule has 43 heavy (non-hydrogen) atoms. The van der Waals surface area contributed by atoms with E-state index < -0.39 is 69.7 Å². The number of hydrogen-bond acceptors (Lipinski definition) is 11. The summed E-state index contributed by atoms with van der Waals surface area (Å²) >= 11 is 0. The third-order valence-electron chi connectivity index (χ3n) is 8.23. The summed E-state index contributed by atoms with van der Waals surface area (Å²) in [7, 11) is 6.58. The maximum absolute atomic E-state index is 14.0. The van der Waals surface area contributed by atoms with E-state index in [1.807, 2.05) is 20.8 Å². The molecular formula is C29H40ClN5O8. The van der Waals surface area contributed by atoms with E-state index in [2.05, 4.69) is 10.6 Å². The Morgan fingerprint density at radius 3 is 2.23 bits per heavy atom. The average Bonchev–Trinajstić information content (AvgIpc) is 2.85. The summed E-state index contributed by atoms with van der Waals surface area (Å²) in [6, 6.07) is 0.409. The number of Topliss-reactive ketones (excluding diaryl/α,β-unsaturated/α-hetero) is 2. The number of phenolic OH excluding ortho intramolecular Hbond substituents is 1. The molecule has 1 fully saturated rings. The number of nitrogens with one attached hydrogen (secondary N) is 2. The number of nitrogens with two attached hydrogens (primary N) is 1. The minimum Gasteiger partial charge on any atom is -0.508 e. The molecule has 3 aliphatic carbocycles. The van der Waals surface area contributed by atoms with Gasteiger partial charge in [-0.3, -0.25) is 24.1 Å². The van der Waals surface area contributed by atoms with Crippen LogP contribution in [0.1, 0.15) is 38.3 Å². The van der Waals surface area contributed by atoms with E-state index in [4.69, 9.17) is 5.73 Å². The van der Waals surface area contributed by atoms with Crippen molar-refractivity contribution in [3.05, 3.63) is 34.1 Å². The number of carbonyl (C=O) groups is 4. The zero-order valence-electron chi connectivity index (χ0n) is 25.2. The molecule has 0 spiro atoms. The van der Waals surface area contributed by atoms with Crippen LogP contribution in [-0.2, 0) is 25.6 Å². The Balaban J connectivity index is 0.00000506. The van der Waals surface area contributed by atoms with Crippen molar-refractivity contribution in [2.45, 2.75) is 50.8 Å². The van der Waals surface area contributed by atoms with Gasteiger partial charge in [-0.15, -0.1) is 12.4 Å². The first-order chi connectivity index (χ1) is 19.3. The van der Waals surface area contributed by atoms with Crippen LogP contribution in [0.3, 0.4) is 0 Å². The van der Waals surface area contributed by atoms with Gasteiger partial charge < -0.3 is 41.7 Å². The molecule has 236 valence electrons. The Morgan fingerprint density at radius 2 is 1.72 bits per heavy atom. The molecule has 4 atom stereocenters. The van der Waals surface area contributed by atoms with Gasteiger partial charge in [-0.25, -0.2) is 0 Å². The summed E-state index contributed by atoms with van der Waals surface area (Å²) < 4.78 is 0. The van der Waals surface area contributed by atoms with Gasteiger partial charge in [0.25, 0.3) is 5.91 Å². The molecule has 1 aromatic rings. The number of benzene rings is 1. The van der Waals surface area contributed by atoms with Crippen LogP contribution in [0.5, 0.6) is 5.75 Å². The summed E-state index contributed by atoms with van der Waals surface area (Å²) in [6.07, 6.45) is 0.117. The Bertz CT molecular complexity index is 1460. The number of aromatic hydroxyl groups is 1. The molecule has 1 aromatic carbocycles. The molecule has 0 heterocycles. The highest BCUT2D eigenvalue weighted by molar-refractivity contribution is 6.24. The number of nitrogens with zero attached hydrogens (tertiary/aromatic N) is 2. The molecule has 0 aromatic heterocycles. The summed E-state index contributed by atoms with van der Waals surface area (Å²) in [6.45, 7) is 5.62. The van der Waals surface area contributed by atoms with Gasteiger partial charge >= 0.3 is 0 Å². The predicted molar refractivity (Wildman–Crippen MR) is 162 cm³/mol. The first-order valence-corrected chi connectivity index (χ1v) is 13.6. The number of hydrogen-bond donors (Lipinski definition) is 7. The summed E-state index contributed by atoms with van der Waals surface area (Å²) in [5, 5.41) is 51.3. The average molecular weight is 622 g/mol. The van der Waals surface area contributed by atoms with Crippen molar-refractivity contribution >= 4 is 52.9 Å². The third-order valence-corrected chi connectivity index (χ3v) is 8.23. The number of amides is 2. The number of aliphatic hydroxyl groups excluding tert-OH is 2. The standard InChI is InChI=1S/C29H39N5O8.ClH/c1-28(2,3)31-11-17(35)32-15-10-16(33(4)5)13-8-12-9-14-21(34(6)7)24(38)20(27(30)41)26(40)29(14,42)25(39)18(12)23(37)19(13)22(15)36;/h10,12,14,21,31,36-37,40,42H,8-9,11H2,1-7H3,(H2,30,41)(H,32,35);1H/t12?,14?,21?,29-;/m0./s1. The van der Waals surface area contributed by atoms with Crippen molar-refractivity contribution in [2.75, 3.05) is 45.0 Å². The largest absolute Gasteiger partial charge is 0.508 e. The molecule has 8 N–H and O–H groups in total. The highest BCUT2D eigenvalue weighted by Crippen LogP contribution is 2.54. The Morgan fingerprint density at radius 1 is 1.12 bits per heavy atom. The highest BCUT2D eigenvalue weighted by Gasteiger charge is 2.64. The lowest BCUT2D eigenvalue weighted by Gasteiger charge is -2.50. The molecule has 3 unspecified atom stereocenters. The van der Waals surface area contributed by atoms with Gasteiger partial charge in [0.2, 0.25) is 11.7 Å². The molecular weight excluding hydrogens is 582 g/mol. The fourth-order valence-corrected chi connectivity index (χ4v) is 6.33. The number of ketones is 2. The second-order valence-corrected chi connectivity index (χ2v) is 12.7. The molecule has 0 radical (unpaired) electrons. The van der Waals surface area contributed by atoms with Crippen LogP contribution in [0.2, 0.25) is 0 Å². The van der Waals surface area contributed by atoms with E-state index in [1.54, 1.807) is 39.2 Å².